The van der Waals surface area contributed by atoms with Crippen LogP contribution in [0.25, 0.3) is 0 Å². The van der Waals surface area contributed by atoms with Crippen molar-refractivity contribution in [3.05, 3.63) is 46.5 Å². The molecule has 1 aliphatic heterocycles. The number of Topliss-reactive ketones (excluding diaryl/α,β-unsaturated/α-hetero) is 1. The van der Waals surface area contributed by atoms with E-state index < -0.39 is 17.8 Å². The number of nitrogens with zero attached hydrogens (tertiary/aromatic N) is 1. The average Bonchev–Trinajstić information content (AvgIpc) is 2.72. The van der Waals surface area contributed by atoms with Gasteiger partial charge in [0.2, 0.25) is 0 Å². The Morgan fingerprint density at radius 1 is 1.30 bits per heavy atom. The van der Waals surface area contributed by atoms with E-state index in [1.54, 1.807) is 19.2 Å². The van der Waals surface area contributed by atoms with Gasteiger partial charge in [0.05, 0.1) is 6.42 Å². The summed E-state index contributed by atoms with van der Waals surface area (Å²) in [7, 11) is 1.61. The quantitative estimate of drug-likeness (QED) is 0.810. The molecule has 0 saturated carbocycles. The highest BCUT2D eigenvalue weighted by Gasteiger charge is 2.41. The van der Waals surface area contributed by atoms with Gasteiger partial charge in [-0.25, -0.2) is 0 Å². The number of rotatable bonds is 6. The number of ketones is 1. The third-order valence-corrected chi connectivity index (χ3v) is 4.99. The monoisotopic (exact) mass is 333 g/mol. The highest BCUT2D eigenvalue weighted by atomic mass is 32.2. The Kier molecular flexibility index (Phi) is 5.26. The Labute approximate surface area is 139 Å². The van der Waals surface area contributed by atoms with Crippen molar-refractivity contribution in [2.24, 2.45) is 0 Å². The number of carboxylic acid groups (broad SMARTS) is 1. The van der Waals surface area contributed by atoms with Gasteiger partial charge in [-0.05, 0) is 18.2 Å². The first-order chi connectivity index (χ1) is 10.9. The second-order valence-corrected chi connectivity index (χ2v) is 6.69. The van der Waals surface area contributed by atoms with Gasteiger partial charge < -0.3 is 10.0 Å². The molecule has 1 aromatic carbocycles. The summed E-state index contributed by atoms with van der Waals surface area (Å²) in [6, 6.07) is 7.13. The number of carbonyl (C=O) groups excluding carboxylic acids is 2. The van der Waals surface area contributed by atoms with Gasteiger partial charge in [0.15, 0.2) is 5.78 Å². The van der Waals surface area contributed by atoms with Gasteiger partial charge in [-0.15, -0.1) is 11.8 Å². The van der Waals surface area contributed by atoms with E-state index >= 15 is 0 Å². The summed E-state index contributed by atoms with van der Waals surface area (Å²) in [6.45, 7) is 3.77. The molecule has 0 aromatic heterocycles. The molecule has 1 amide bonds. The Hall–Kier alpha value is -2.08. The van der Waals surface area contributed by atoms with E-state index in [0.717, 1.165) is 5.56 Å². The zero-order chi connectivity index (χ0) is 17.1. The third-order valence-electron chi connectivity index (χ3n) is 3.79. The summed E-state index contributed by atoms with van der Waals surface area (Å²) < 4.78 is 0. The van der Waals surface area contributed by atoms with E-state index in [9.17, 15) is 14.4 Å². The molecule has 0 saturated heterocycles. The number of hydrogen-bond donors (Lipinski definition) is 1. The molecule has 1 N–H and O–H groups in total. The second kappa shape index (κ2) is 7.00. The van der Waals surface area contributed by atoms with Crippen LogP contribution in [0.2, 0.25) is 0 Å². The topological polar surface area (TPSA) is 74.7 Å². The van der Waals surface area contributed by atoms with Crippen molar-refractivity contribution < 1.29 is 19.5 Å². The first-order valence-corrected chi connectivity index (χ1v) is 8.37. The average molecular weight is 333 g/mol. The van der Waals surface area contributed by atoms with Crippen molar-refractivity contribution >= 4 is 29.4 Å². The summed E-state index contributed by atoms with van der Waals surface area (Å²) >= 11 is 1.45. The Morgan fingerprint density at radius 2 is 1.96 bits per heavy atom. The number of hydrogen-bond acceptors (Lipinski definition) is 4. The van der Waals surface area contributed by atoms with Crippen molar-refractivity contribution in [2.75, 3.05) is 12.8 Å². The molecule has 1 aliphatic rings. The lowest BCUT2D eigenvalue weighted by Crippen LogP contribution is -2.31. The van der Waals surface area contributed by atoms with Crippen molar-refractivity contribution in [1.82, 2.24) is 4.90 Å². The molecule has 5 nitrogen and oxygen atoms in total. The fraction of sp³-hybridized carbons (Fsp3) is 0.353. The molecule has 0 aliphatic carbocycles. The molecule has 23 heavy (non-hydrogen) atoms. The lowest BCUT2D eigenvalue weighted by atomic mass is 9.95. The molecule has 0 unspecified atom stereocenters. The van der Waals surface area contributed by atoms with E-state index in [0.29, 0.717) is 16.9 Å². The predicted molar refractivity (Wildman–Crippen MR) is 89.5 cm³/mol. The van der Waals surface area contributed by atoms with Crippen LogP contribution in [0, 0.1) is 6.92 Å². The molecule has 0 radical (unpaired) electrons. The molecule has 1 aromatic rings. The van der Waals surface area contributed by atoms with Gasteiger partial charge in [-0.1, -0.05) is 31.2 Å². The molecule has 2 rings (SSSR count). The van der Waals surface area contributed by atoms with Crippen LogP contribution in [-0.2, 0) is 9.59 Å². The molecular formula is C17H19NO4S. The lowest BCUT2D eigenvalue weighted by Gasteiger charge is -2.21. The molecule has 122 valence electrons. The van der Waals surface area contributed by atoms with Gasteiger partial charge in [0.1, 0.15) is 5.37 Å². The summed E-state index contributed by atoms with van der Waals surface area (Å²) in [5, 5.41) is 8.66. The maximum absolute atomic E-state index is 13.0. The Morgan fingerprint density at radius 3 is 2.52 bits per heavy atom. The first-order valence-electron chi connectivity index (χ1n) is 7.32. The van der Waals surface area contributed by atoms with Crippen LogP contribution in [0.3, 0.4) is 0 Å². The van der Waals surface area contributed by atoms with E-state index in [-0.39, 0.29) is 17.3 Å². The largest absolute Gasteiger partial charge is 0.481 e. The predicted octanol–water partition coefficient (Wildman–Crippen LogP) is 2.50. The SMILES string of the molecule is CCS[C@H]1C(C(=O)c2ccccc2C)=C(CC(=O)O)C(=O)N1C. The van der Waals surface area contributed by atoms with Crippen LogP contribution in [0.5, 0.6) is 0 Å². The van der Waals surface area contributed by atoms with Crippen molar-refractivity contribution in [3.63, 3.8) is 0 Å². The molecule has 6 heteroatoms. The van der Waals surface area contributed by atoms with E-state index in [1.807, 2.05) is 26.0 Å². The zero-order valence-electron chi connectivity index (χ0n) is 13.3. The third kappa shape index (κ3) is 3.32. The lowest BCUT2D eigenvalue weighted by molar-refractivity contribution is -0.137. The standard InChI is InChI=1S/C17H19NO4S/c1-4-23-17-14(12(9-13(19)20)16(22)18(17)3)15(21)11-8-6-5-7-10(11)2/h5-8,17H,4,9H2,1-3H3,(H,19,20)/t17-/m0/s1. The van der Waals surface area contributed by atoms with Gasteiger partial charge in [-0.2, -0.15) is 0 Å². The van der Waals surface area contributed by atoms with Gasteiger partial charge >= 0.3 is 5.97 Å². The molecular weight excluding hydrogens is 314 g/mol. The maximum Gasteiger partial charge on any atom is 0.308 e. The van der Waals surface area contributed by atoms with Gasteiger partial charge in [-0.3, -0.25) is 14.4 Å². The van der Waals surface area contributed by atoms with Crippen LogP contribution >= 0.6 is 11.8 Å². The van der Waals surface area contributed by atoms with E-state index in [2.05, 4.69) is 0 Å². The first kappa shape index (κ1) is 17.3. The Balaban J connectivity index is 2.56. The molecule has 1 heterocycles. The number of likely N-dealkylation sites (N-methyl/N-ethyl adjacent to an activating group) is 1. The van der Waals surface area contributed by atoms with Gasteiger partial charge in [0, 0.05) is 23.8 Å². The van der Waals surface area contributed by atoms with Crippen LogP contribution in [0.1, 0.15) is 29.3 Å². The fourth-order valence-corrected chi connectivity index (χ4v) is 3.73. The molecule has 1 atom stereocenters. The highest BCUT2D eigenvalue weighted by Crippen LogP contribution is 2.36. The van der Waals surface area contributed by atoms with Crippen LogP contribution < -0.4 is 0 Å². The summed E-state index contributed by atoms with van der Waals surface area (Å²) in [5.74, 6) is -1.04. The molecule has 0 fully saturated rings. The minimum Gasteiger partial charge on any atom is -0.481 e. The van der Waals surface area contributed by atoms with Crippen LogP contribution in [0.4, 0.5) is 0 Å². The van der Waals surface area contributed by atoms with Crippen LogP contribution in [-0.4, -0.2) is 45.8 Å². The molecule has 0 bridgehead atoms. The number of carboxylic acids is 1. The smallest absolute Gasteiger partial charge is 0.308 e. The summed E-state index contributed by atoms with van der Waals surface area (Å²) in [6.07, 6.45) is -0.434. The van der Waals surface area contributed by atoms with Crippen LogP contribution in [0.15, 0.2) is 35.4 Å². The van der Waals surface area contributed by atoms with Gasteiger partial charge in [0.25, 0.3) is 5.91 Å². The normalized spacial score (nSPS) is 17.8. The van der Waals surface area contributed by atoms with E-state index in [1.165, 1.54) is 16.7 Å². The van der Waals surface area contributed by atoms with Crippen molar-refractivity contribution in [2.45, 2.75) is 25.6 Å². The molecule has 0 spiro atoms. The number of benzene rings is 1. The number of aliphatic carboxylic acids is 1. The Bertz CT molecular complexity index is 696. The minimum atomic E-state index is -1.11. The summed E-state index contributed by atoms with van der Waals surface area (Å²) in [4.78, 5) is 38.0. The number of amides is 1. The minimum absolute atomic E-state index is 0.0965. The number of thioether (sulfide) groups is 1. The zero-order valence-corrected chi connectivity index (χ0v) is 14.1. The maximum atomic E-state index is 13.0. The highest BCUT2D eigenvalue weighted by molar-refractivity contribution is 8.00. The number of carbonyl (C=O) groups is 3. The summed E-state index contributed by atoms with van der Waals surface area (Å²) in [5.41, 5.74) is 1.72. The fourth-order valence-electron chi connectivity index (χ4n) is 2.67. The van der Waals surface area contributed by atoms with Crippen molar-refractivity contribution in [1.29, 1.82) is 0 Å². The number of aryl methyl sites for hydroxylation is 1. The second-order valence-electron chi connectivity index (χ2n) is 5.33. The van der Waals surface area contributed by atoms with E-state index in [4.69, 9.17) is 5.11 Å². The van der Waals surface area contributed by atoms with Crippen molar-refractivity contribution in [3.8, 4) is 0 Å².